The maximum absolute atomic E-state index is 11.9. The molecule has 3 rings (SSSR count). The van der Waals surface area contributed by atoms with Gasteiger partial charge in [-0.25, -0.2) is 4.98 Å². The zero-order valence-corrected chi connectivity index (χ0v) is 14.6. The van der Waals surface area contributed by atoms with Crippen molar-refractivity contribution in [3.8, 4) is 28.0 Å². The largest absolute Gasteiger partial charge is 0.508 e. The van der Waals surface area contributed by atoms with Crippen LogP contribution >= 0.6 is 0 Å². The van der Waals surface area contributed by atoms with Gasteiger partial charge in [0.15, 0.2) is 0 Å². The summed E-state index contributed by atoms with van der Waals surface area (Å²) in [5, 5.41) is 10.1. The number of carbonyl (C=O) groups is 1. The van der Waals surface area contributed by atoms with Crippen molar-refractivity contribution < 1.29 is 9.90 Å². The molecule has 0 aliphatic rings. The topological polar surface area (TPSA) is 128 Å². The summed E-state index contributed by atoms with van der Waals surface area (Å²) in [6, 6.07) is 10.4. The summed E-state index contributed by atoms with van der Waals surface area (Å²) in [6.45, 7) is 3.72. The molecule has 0 fully saturated rings. The number of aromatic hydroxyl groups is 1. The van der Waals surface area contributed by atoms with Crippen molar-refractivity contribution in [3.05, 3.63) is 59.3 Å². The van der Waals surface area contributed by atoms with E-state index in [0.29, 0.717) is 16.9 Å². The number of rotatable bonds is 3. The van der Waals surface area contributed by atoms with Crippen LogP contribution in [0.1, 0.15) is 21.5 Å². The minimum Gasteiger partial charge on any atom is -0.508 e. The minimum absolute atomic E-state index is 0.157. The summed E-state index contributed by atoms with van der Waals surface area (Å²) in [7, 11) is 0. The normalized spacial score (nSPS) is 10.7. The number of nitrogens with zero attached hydrogens (tertiary/aromatic N) is 1. The molecule has 0 aliphatic heterocycles. The monoisotopic (exact) mass is 348 g/mol. The number of benzene rings is 2. The highest BCUT2D eigenvalue weighted by molar-refractivity contribution is 6.04. The lowest BCUT2D eigenvalue weighted by Gasteiger charge is -2.17. The average Bonchev–Trinajstić information content (AvgIpc) is 2.59. The summed E-state index contributed by atoms with van der Waals surface area (Å²) >= 11 is 0. The van der Waals surface area contributed by atoms with Crippen LogP contribution in [0.3, 0.4) is 0 Å². The molecule has 1 amide bonds. The number of carbonyl (C=O) groups excluding carboxylic acids is 1. The summed E-state index contributed by atoms with van der Waals surface area (Å²) in [5.74, 6) is -0.0986. The fourth-order valence-corrected chi connectivity index (χ4v) is 3.11. The van der Waals surface area contributed by atoms with E-state index in [1.807, 2.05) is 13.0 Å². The lowest BCUT2D eigenvalue weighted by atomic mass is 9.89. The molecule has 132 valence electrons. The number of nitrogens with two attached hydrogens (primary N) is 3. The molecule has 3 aromatic rings. The van der Waals surface area contributed by atoms with Crippen molar-refractivity contribution >= 4 is 17.4 Å². The molecule has 6 nitrogen and oxygen atoms in total. The van der Waals surface area contributed by atoms with Crippen molar-refractivity contribution in [2.45, 2.75) is 13.8 Å². The van der Waals surface area contributed by atoms with Crippen molar-refractivity contribution in [2.75, 3.05) is 11.5 Å². The number of primary amides is 1. The minimum atomic E-state index is -0.622. The molecule has 0 atom stereocenters. The van der Waals surface area contributed by atoms with Gasteiger partial charge in [-0.05, 0) is 72.0 Å². The lowest BCUT2D eigenvalue weighted by Crippen LogP contribution is -2.14. The van der Waals surface area contributed by atoms with E-state index in [2.05, 4.69) is 4.98 Å². The second kappa shape index (κ2) is 6.40. The number of pyridine rings is 1. The molecule has 1 heterocycles. The second-order valence-corrected chi connectivity index (χ2v) is 6.22. The smallest absolute Gasteiger partial charge is 0.250 e. The Hall–Kier alpha value is -3.54. The first-order chi connectivity index (χ1) is 12.3. The van der Waals surface area contributed by atoms with Gasteiger partial charge in [0.2, 0.25) is 0 Å². The van der Waals surface area contributed by atoms with E-state index in [-0.39, 0.29) is 17.0 Å². The first-order valence-electron chi connectivity index (χ1n) is 8.04. The van der Waals surface area contributed by atoms with Crippen LogP contribution in [0.4, 0.5) is 11.5 Å². The van der Waals surface area contributed by atoms with E-state index in [9.17, 15) is 9.90 Å². The molecule has 0 radical (unpaired) electrons. The van der Waals surface area contributed by atoms with Gasteiger partial charge in [-0.2, -0.15) is 0 Å². The number of aryl methyl sites for hydroxylation is 1. The summed E-state index contributed by atoms with van der Waals surface area (Å²) in [5.41, 5.74) is 22.6. The SMILES string of the molecule is Cc1ccc(O)c(C)c1-c1cc(-c2ccnc(N)c2)cc(C(N)=O)c1N. The van der Waals surface area contributed by atoms with Gasteiger partial charge in [0, 0.05) is 11.8 Å². The maximum Gasteiger partial charge on any atom is 0.250 e. The van der Waals surface area contributed by atoms with Crippen LogP contribution in [-0.2, 0) is 0 Å². The number of phenols is 1. The standard InChI is InChI=1S/C20H20N4O2/c1-10-3-4-16(25)11(2)18(10)14-7-13(8-15(19(14)22)20(23)26)12-5-6-24-17(21)9-12/h3-9,25H,22H2,1-2H3,(H2,21,24)(H2,23,26). The summed E-state index contributed by atoms with van der Waals surface area (Å²) in [4.78, 5) is 15.9. The third-order valence-electron chi connectivity index (χ3n) is 4.47. The van der Waals surface area contributed by atoms with Crippen LogP contribution in [0.15, 0.2) is 42.6 Å². The zero-order valence-electron chi connectivity index (χ0n) is 14.6. The van der Waals surface area contributed by atoms with E-state index >= 15 is 0 Å². The van der Waals surface area contributed by atoms with Crippen molar-refractivity contribution in [1.82, 2.24) is 4.98 Å². The van der Waals surface area contributed by atoms with Crippen molar-refractivity contribution in [2.24, 2.45) is 5.73 Å². The lowest BCUT2D eigenvalue weighted by molar-refractivity contribution is 0.100. The second-order valence-electron chi connectivity index (χ2n) is 6.22. The maximum atomic E-state index is 11.9. The van der Waals surface area contributed by atoms with Gasteiger partial charge in [-0.3, -0.25) is 4.79 Å². The Morgan fingerprint density at radius 1 is 1.04 bits per heavy atom. The van der Waals surface area contributed by atoms with E-state index in [4.69, 9.17) is 17.2 Å². The van der Waals surface area contributed by atoms with Crippen LogP contribution in [0.5, 0.6) is 5.75 Å². The quantitative estimate of drug-likeness (QED) is 0.541. The Kier molecular flexibility index (Phi) is 4.26. The number of anilines is 2. The Labute approximate surface area is 151 Å². The van der Waals surface area contributed by atoms with E-state index in [1.165, 1.54) is 0 Å². The summed E-state index contributed by atoms with van der Waals surface area (Å²) in [6.07, 6.45) is 1.59. The molecule has 7 N–H and O–H groups in total. The predicted molar refractivity (Wildman–Crippen MR) is 104 cm³/mol. The molecule has 2 aromatic carbocycles. The number of hydrogen-bond donors (Lipinski definition) is 4. The highest BCUT2D eigenvalue weighted by atomic mass is 16.3. The fourth-order valence-electron chi connectivity index (χ4n) is 3.11. The van der Waals surface area contributed by atoms with Crippen molar-refractivity contribution in [3.63, 3.8) is 0 Å². The zero-order chi connectivity index (χ0) is 19.0. The Bertz CT molecular complexity index is 1030. The molecular formula is C20H20N4O2. The molecule has 0 unspecified atom stereocenters. The Morgan fingerprint density at radius 3 is 2.42 bits per heavy atom. The van der Waals surface area contributed by atoms with Crippen LogP contribution in [0.25, 0.3) is 22.3 Å². The number of amides is 1. The number of phenolic OH excluding ortho intramolecular Hbond substituents is 1. The predicted octanol–water partition coefficient (Wildman–Crippen LogP) is 3.00. The average molecular weight is 348 g/mol. The van der Waals surface area contributed by atoms with Gasteiger partial charge >= 0.3 is 0 Å². The molecule has 1 aromatic heterocycles. The van der Waals surface area contributed by atoms with Gasteiger partial charge in [-0.15, -0.1) is 0 Å². The molecule has 0 saturated heterocycles. The van der Waals surface area contributed by atoms with Gasteiger partial charge in [0.05, 0.1) is 11.3 Å². The highest BCUT2D eigenvalue weighted by Gasteiger charge is 2.18. The fraction of sp³-hybridized carbons (Fsp3) is 0.100. The Balaban J connectivity index is 2.36. The highest BCUT2D eigenvalue weighted by Crippen LogP contribution is 2.39. The molecule has 0 bridgehead atoms. The van der Waals surface area contributed by atoms with Gasteiger partial charge in [0.25, 0.3) is 5.91 Å². The van der Waals surface area contributed by atoms with E-state index in [1.54, 1.807) is 43.5 Å². The first kappa shape index (κ1) is 17.3. The Morgan fingerprint density at radius 2 is 1.77 bits per heavy atom. The number of nitrogen functional groups attached to an aromatic ring is 2. The van der Waals surface area contributed by atoms with E-state index < -0.39 is 5.91 Å². The molecule has 0 aliphatic carbocycles. The van der Waals surface area contributed by atoms with Crippen LogP contribution in [0.2, 0.25) is 0 Å². The van der Waals surface area contributed by atoms with Crippen LogP contribution < -0.4 is 17.2 Å². The molecular weight excluding hydrogens is 328 g/mol. The van der Waals surface area contributed by atoms with Gasteiger partial charge in [-0.1, -0.05) is 6.07 Å². The third kappa shape index (κ3) is 2.93. The number of aromatic nitrogens is 1. The number of hydrogen-bond acceptors (Lipinski definition) is 5. The van der Waals surface area contributed by atoms with Crippen LogP contribution in [-0.4, -0.2) is 16.0 Å². The van der Waals surface area contributed by atoms with E-state index in [0.717, 1.165) is 22.3 Å². The van der Waals surface area contributed by atoms with Gasteiger partial charge in [0.1, 0.15) is 11.6 Å². The van der Waals surface area contributed by atoms with Gasteiger partial charge < -0.3 is 22.3 Å². The molecule has 0 saturated carbocycles. The molecule has 0 spiro atoms. The summed E-state index contributed by atoms with van der Waals surface area (Å²) < 4.78 is 0. The van der Waals surface area contributed by atoms with Crippen molar-refractivity contribution in [1.29, 1.82) is 0 Å². The third-order valence-corrected chi connectivity index (χ3v) is 4.47. The first-order valence-corrected chi connectivity index (χ1v) is 8.04. The van der Waals surface area contributed by atoms with Crippen LogP contribution in [0, 0.1) is 13.8 Å². The molecule has 6 heteroatoms. The molecule has 26 heavy (non-hydrogen) atoms.